The lowest BCUT2D eigenvalue weighted by Crippen LogP contribution is -2.10. The molecule has 0 saturated carbocycles. The Bertz CT molecular complexity index is 745. The predicted octanol–water partition coefficient (Wildman–Crippen LogP) is 4.61. The summed E-state index contributed by atoms with van der Waals surface area (Å²) in [5.74, 6) is -0.00939. The lowest BCUT2D eigenvalue weighted by atomic mass is 10.1. The molecular formula is C17H16N2O2S. The highest BCUT2D eigenvalue weighted by Gasteiger charge is 2.11. The van der Waals surface area contributed by atoms with Crippen molar-refractivity contribution in [2.45, 2.75) is 19.8 Å². The molecule has 1 aromatic carbocycles. The number of anilines is 1. The molecular weight excluding hydrogens is 296 g/mol. The molecule has 2 aromatic heterocycles. The van der Waals surface area contributed by atoms with E-state index < -0.39 is 0 Å². The third-order valence-corrected chi connectivity index (χ3v) is 4.02. The van der Waals surface area contributed by atoms with Crippen LogP contribution in [-0.2, 0) is 6.42 Å². The van der Waals surface area contributed by atoms with Gasteiger partial charge in [-0.1, -0.05) is 37.6 Å². The van der Waals surface area contributed by atoms with Gasteiger partial charge in [-0.05, 0) is 24.1 Å². The number of amides is 1. The van der Waals surface area contributed by atoms with Gasteiger partial charge in [0.15, 0.2) is 10.9 Å². The number of carbonyl (C=O) groups excluding carboxylic acids is 1. The van der Waals surface area contributed by atoms with Gasteiger partial charge < -0.3 is 4.42 Å². The van der Waals surface area contributed by atoms with Crippen LogP contribution in [0.1, 0.15) is 29.5 Å². The Balaban J connectivity index is 1.72. The maximum atomic E-state index is 11.9. The molecule has 0 aliphatic rings. The maximum Gasteiger partial charge on any atom is 0.293 e. The number of aromatic nitrogens is 1. The molecule has 4 nitrogen and oxygen atoms in total. The molecule has 3 aromatic rings. The van der Waals surface area contributed by atoms with Crippen LogP contribution in [0.25, 0.3) is 11.3 Å². The minimum Gasteiger partial charge on any atom is -0.459 e. The van der Waals surface area contributed by atoms with E-state index in [2.05, 4.69) is 41.5 Å². The minimum atomic E-state index is -0.288. The molecule has 0 radical (unpaired) electrons. The van der Waals surface area contributed by atoms with Crippen molar-refractivity contribution >= 4 is 22.4 Å². The average molecular weight is 312 g/mol. The molecule has 0 spiro atoms. The molecule has 0 aliphatic carbocycles. The minimum absolute atomic E-state index is 0.278. The standard InChI is InChI=1S/C17H16N2O2S/c1-2-4-12-6-8-13(9-7-12)14-11-22-17(18-14)19-16(20)15-5-3-10-21-15/h3,5-11H,2,4H2,1H3,(H,18,19,20). The molecule has 3 rings (SSSR count). The van der Waals surface area contributed by atoms with E-state index in [0.717, 1.165) is 24.1 Å². The number of nitrogens with zero attached hydrogens (tertiary/aromatic N) is 1. The number of hydrogen-bond donors (Lipinski definition) is 1. The van der Waals surface area contributed by atoms with Crippen LogP contribution < -0.4 is 5.32 Å². The second kappa shape index (κ2) is 6.58. The summed E-state index contributed by atoms with van der Waals surface area (Å²) >= 11 is 1.40. The Morgan fingerprint density at radius 2 is 2.09 bits per heavy atom. The third-order valence-electron chi connectivity index (χ3n) is 3.26. The van der Waals surface area contributed by atoms with Crippen LogP contribution in [0.3, 0.4) is 0 Å². The molecule has 112 valence electrons. The van der Waals surface area contributed by atoms with E-state index in [0.29, 0.717) is 5.13 Å². The molecule has 0 atom stereocenters. The first kappa shape index (κ1) is 14.5. The van der Waals surface area contributed by atoms with Gasteiger partial charge in [0.1, 0.15) is 0 Å². The normalized spacial score (nSPS) is 10.6. The number of furan rings is 1. The quantitative estimate of drug-likeness (QED) is 0.748. The van der Waals surface area contributed by atoms with E-state index in [1.165, 1.54) is 23.2 Å². The zero-order valence-electron chi connectivity index (χ0n) is 12.2. The SMILES string of the molecule is CCCc1ccc(-c2csc(NC(=O)c3ccco3)n2)cc1. The molecule has 1 N–H and O–H groups in total. The monoisotopic (exact) mass is 312 g/mol. The van der Waals surface area contributed by atoms with Crippen LogP contribution in [0.4, 0.5) is 5.13 Å². The van der Waals surface area contributed by atoms with Crippen molar-refractivity contribution in [3.05, 3.63) is 59.4 Å². The molecule has 2 heterocycles. The highest BCUT2D eigenvalue weighted by Crippen LogP contribution is 2.25. The average Bonchev–Trinajstić information content (AvgIpc) is 3.19. The van der Waals surface area contributed by atoms with Crippen molar-refractivity contribution in [2.75, 3.05) is 5.32 Å². The Morgan fingerprint density at radius 1 is 1.27 bits per heavy atom. The van der Waals surface area contributed by atoms with Gasteiger partial charge in [0.2, 0.25) is 0 Å². The van der Waals surface area contributed by atoms with E-state index in [9.17, 15) is 4.79 Å². The van der Waals surface area contributed by atoms with Crippen molar-refractivity contribution in [1.29, 1.82) is 0 Å². The van der Waals surface area contributed by atoms with Crippen LogP contribution in [0.15, 0.2) is 52.5 Å². The van der Waals surface area contributed by atoms with Gasteiger partial charge in [-0.3, -0.25) is 10.1 Å². The second-order valence-electron chi connectivity index (χ2n) is 4.92. The predicted molar refractivity (Wildman–Crippen MR) is 88.2 cm³/mol. The van der Waals surface area contributed by atoms with E-state index >= 15 is 0 Å². The highest BCUT2D eigenvalue weighted by molar-refractivity contribution is 7.14. The highest BCUT2D eigenvalue weighted by atomic mass is 32.1. The number of hydrogen-bond acceptors (Lipinski definition) is 4. The number of carbonyl (C=O) groups is 1. The summed E-state index contributed by atoms with van der Waals surface area (Å²) in [6, 6.07) is 11.7. The Labute approximate surface area is 132 Å². The van der Waals surface area contributed by atoms with E-state index in [1.54, 1.807) is 12.1 Å². The van der Waals surface area contributed by atoms with Crippen LogP contribution in [0.5, 0.6) is 0 Å². The number of thiazole rings is 1. The fourth-order valence-electron chi connectivity index (χ4n) is 2.16. The summed E-state index contributed by atoms with van der Waals surface area (Å²) in [6.07, 6.45) is 3.70. The van der Waals surface area contributed by atoms with Gasteiger partial charge in [-0.25, -0.2) is 4.98 Å². The molecule has 1 amide bonds. The molecule has 0 unspecified atom stereocenters. The summed E-state index contributed by atoms with van der Waals surface area (Å²) in [4.78, 5) is 16.4. The van der Waals surface area contributed by atoms with Crippen molar-refractivity contribution < 1.29 is 9.21 Å². The molecule has 5 heteroatoms. The topological polar surface area (TPSA) is 55.1 Å². The lowest BCUT2D eigenvalue weighted by Gasteiger charge is -2.01. The summed E-state index contributed by atoms with van der Waals surface area (Å²) in [5.41, 5.74) is 3.24. The first-order chi connectivity index (χ1) is 10.8. The fourth-order valence-corrected chi connectivity index (χ4v) is 2.88. The van der Waals surface area contributed by atoms with Gasteiger partial charge in [-0.15, -0.1) is 11.3 Å². The van der Waals surface area contributed by atoms with Gasteiger partial charge in [0, 0.05) is 10.9 Å². The van der Waals surface area contributed by atoms with Crippen molar-refractivity contribution in [2.24, 2.45) is 0 Å². The Hall–Kier alpha value is -2.40. The summed E-state index contributed by atoms with van der Waals surface area (Å²) in [6.45, 7) is 2.17. The summed E-state index contributed by atoms with van der Waals surface area (Å²) in [5, 5.41) is 5.24. The molecule has 0 aliphatic heterocycles. The van der Waals surface area contributed by atoms with Crippen molar-refractivity contribution in [3.8, 4) is 11.3 Å². The smallest absolute Gasteiger partial charge is 0.293 e. The Morgan fingerprint density at radius 3 is 2.77 bits per heavy atom. The van der Waals surface area contributed by atoms with Crippen LogP contribution in [0, 0.1) is 0 Å². The van der Waals surface area contributed by atoms with E-state index in [4.69, 9.17) is 4.42 Å². The number of rotatable bonds is 5. The summed E-state index contributed by atoms with van der Waals surface area (Å²) < 4.78 is 5.06. The third kappa shape index (κ3) is 3.26. The zero-order valence-corrected chi connectivity index (χ0v) is 13.0. The zero-order chi connectivity index (χ0) is 15.4. The van der Waals surface area contributed by atoms with Crippen molar-refractivity contribution in [3.63, 3.8) is 0 Å². The molecule has 0 saturated heterocycles. The number of aryl methyl sites for hydroxylation is 1. The fraction of sp³-hybridized carbons (Fsp3) is 0.176. The Kier molecular flexibility index (Phi) is 4.34. The molecule has 0 bridgehead atoms. The van der Waals surface area contributed by atoms with Crippen molar-refractivity contribution in [1.82, 2.24) is 4.98 Å². The van der Waals surface area contributed by atoms with Crippen LogP contribution >= 0.6 is 11.3 Å². The largest absolute Gasteiger partial charge is 0.459 e. The van der Waals surface area contributed by atoms with Crippen LogP contribution in [-0.4, -0.2) is 10.9 Å². The second-order valence-corrected chi connectivity index (χ2v) is 5.77. The maximum absolute atomic E-state index is 11.9. The lowest BCUT2D eigenvalue weighted by molar-refractivity contribution is 0.0996. The molecule has 22 heavy (non-hydrogen) atoms. The van der Waals surface area contributed by atoms with Gasteiger partial charge >= 0.3 is 0 Å². The van der Waals surface area contributed by atoms with E-state index in [1.807, 2.05) is 5.38 Å². The summed E-state index contributed by atoms with van der Waals surface area (Å²) in [7, 11) is 0. The van der Waals surface area contributed by atoms with Gasteiger partial charge in [0.05, 0.1) is 12.0 Å². The van der Waals surface area contributed by atoms with Gasteiger partial charge in [-0.2, -0.15) is 0 Å². The molecule has 0 fully saturated rings. The first-order valence-corrected chi connectivity index (χ1v) is 8.04. The number of benzene rings is 1. The van der Waals surface area contributed by atoms with E-state index in [-0.39, 0.29) is 11.7 Å². The first-order valence-electron chi connectivity index (χ1n) is 7.16. The van der Waals surface area contributed by atoms with Gasteiger partial charge in [0.25, 0.3) is 5.91 Å². The number of nitrogens with one attached hydrogen (secondary N) is 1. The van der Waals surface area contributed by atoms with Crippen LogP contribution in [0.2, 0.25) is 0 Å².